The van der Waals surface area contributed by atoms with Gasteiger partial charge in [-0.15, -0.1) is 0 Å². The van der Waals surface area contributed by atoms with Crippen molar-refractivity contribution in [3.05, 3.63) is 29.8 Å². The third-order valence-corrected chi connectivity index (χ3v) is 5.28. The molecule has 1 saturated heterocycles. The molecule has 2 bridgehead atoms. The highest BCUT2D eigenvalue weighted by Gasteiger charge is 2.41. The van der Waals surface area contributed by atoms with Crippen LogP contribution in [0.15, 0.2) is 24.3 Å². The Bertz CT molecular complexity index is 617. The molecule has 0 radical (unpaired) electrons. The second kappa shape index (κ2) is 10.9. The summed E-state index contributed by atoms with van der Waals surface area (Å²) >= 11 is 0. The summed E-state index contributed by atoms with van der Waals surface area (Å²) in [5.74, 6) is 1.06. The second-order valence-corrected chi connectivity index (χ2v) is 7.57. The predicted octanol–water partition coefficient (Wildman–Crippen LogP) is 2.49. The number of piperidine rings is 1. The van der Waals surface area contributed by atoms with Gasteiger partial charge in [-0.05, 0) is 55.2 Å². The molecule has 2 fully saturated rings. The van der Waals surface area contributed by atoms with Gasteiger partial charge in [0.05, 0.1) is 6.61 Å². The van der Waals surface area contributed by atoms with Crippen LogP contribution >= 0.6 is 0 Å². The molecule has 7 heteroatoms. The molecule has 3 atom stereocenters. The summed E-state index contributed by atoms with van der Waals surface area (Å²) in [4.78, 5) is 23.3. The van der Waals surface area contributed by atoms with Gasteiger partial charge >= 0.3 is 6.03 Å². The number of aliphatic carboxylic acids is 1. The fourth-order valence-electron chi connectivity index (χ4n) is 3.83. The Kier molecular flexibility index (Phi) is 8.57. The lowest BCUT2D eigenvalue weighted by Gasteiger charge is -2.36. The first kappa shape index (κ1) is 22.0. The number of nitrogens with zero attached hydrogens (tertiary/aromatic N) is 1. The van der Waals surface area contributed by atoms with Gasteiger partial charge in [-0.1, -0.05) is 19.1 Å². The van der Waals surface area contributed by atoms with Crippen molar-refractivity contribution >= 4 is 12.0 Å². The SMILES string of the molecule is CC(=O)O.CCCOc1ccc(CCNC(=O)N2C[C@H]3CC[C@@H](C2)C3N)cc1. The highest BCUT2D eigenvalue weighted by molar-refractivity contribution is 5.74. The summed E-state index contributed by atoms with van der Waals surface area (Å²) in [6.07, 6.45) is 4.18. The van der Waals surface area contributed by atoms with E-state index >= 15 is 0 Å². The summed E-state index contributed by atoms with van der Waals surface area (Å²) in [6, 6.07) is 8.48. The van der Waals surface area contributed by atoms with Crippen LogP contribution in [0, 0.1) is 11.8 Å². The van der Waals surface area contributed by atoms with Crippen LogP contribution in [0.4, 0.5) is 4.79 Å². The first-order chi connectivity index (χ1) is 13.4. The number of likely N-dealkylation sites (tertiary alicyclic amines) is 1. The first-order valence-electron chi connectivity index (χ1n) is 10.1. The Morgan fingerprint density at radius 3 is 2.32 bits per heavy atom. The molecule has 2 amide bonds. The maximum Gasteiger partial charge on any atom is 0.317 e. The van der Waals surface area contributed by atoms with Gasteiger partial charge in [0.2, 0.25) is 0 Å². The number of rotatable bonds is 6. The lowest BCUT2D eigenvalue weighted by molar-refractivity contribution is -0.134. The fourth-order valence-corrected chi connectivity index (χ4v) is 3.83. The number of benzene rings is 1. The summed E-state index contributed by atoms with van der Waals surface area (Å²) in [6.45, 7) is 6.21. The van der Waals surface area contributed by atoms with Crippen molar-refractivity contribution in [2.75, 3.05) is 26.2 Å². The van der Waals surface area contributed by atoms with Crippen LogP contribution in [0.3, 0.4) is 0 Å². The number of carbonyl (C=O) groups is 2. The summed E-state index contributed by atoms with van der Waals surface area (Å²) in [7, 11) is 0. The molecule has 1 unspecified atom stereocenters. The number of carbonyl (C=O) groups excluding carboxylic acids is 1. The van der Waals surface area contributed by atoms with Crippen molar-refractivity contribution in [3.63, 3.8) is 0 Å². The molecule has 28 heavy (non-hydrogen) atoms. The first-order valence-corrected chi connectivity index (χ1v) is 10.1. The summed E-state index contributed by atoms with van der Waals surface area (Å²) in [5, 5.41) is 10.5. The molecule has 1 saturated carbocycles. The number of nitrogens with two attached hydrogens (primary N) is 1. The largest absolute Gasteiger partial charge is 0.494 e. The van der Waals surface area contributed by atoms with Crippen LogP contribution in [-0.2, 0) is 11.2 Å². The van der Waals surface area contributed by atoms with E-state index < -0.39 is 5.97 Å². The van der Waals surface area contributed by atoms with E-state index in [9.17, 15) is 4.79 Å². The van der Waals surface area contributed by atoms with Crippen LogP contribution in [-0.4, -0.2) is 54.3 Å². The van der Waals surface area contributed by atoms with E-state index in [1.54, 1.807) is 0 Å². The number of urea groups is 1. The molecule has 4 N–H and O–H groups in total. The summed E-state index contributed by atoms with van der Waals surface area (Å²) < 4.78 is 5.58. The Balaban J connectivity index is 0.000000640. The van der Waals surface area contributed by atoms with Crippen molar-refractivity contribution < 1.29 is 19.4 Å². The van der Waals surface area contributed by atoms with E-state index in [-0.39, 0.29) is 6.03 Å². The standard InChI is InChI=1S/C19H29N3O2.C2H4O2/c1-2-11-24-17-7-3-14(4-8-17)9-10-21-19(23)22-12-15-5-6-16(13-22)18(15)20;1-2(3)4/h3-4,7-8,15-16,18H,2,5-6,9-13,20H2,1H3,(H,21,23);1H3,(H,3,4)/t15-,16+,18?;. The maximum atomic E-state index is 12.3. The van der Waals surface area contributed by atoms with Crippen LogP contribution in [0.5, 0.6) is 5.75 Å². The Hall–Kier alpha value is -2.28. The van der Waals surface area contributed by atoms with Gasteiger partial charge in [0.25, 0.3) is 5.97 Å². The minimum atomic E-state index is -0.833. The molecule has 2 aliphatic rings. The minimum Gasteiger partial charge on any atom is -0.494 e. The van der Waals surface area contributed by atoms with E-state index in [2.05, 4.69) is 24.4 Å². The van der Waals surface area contributed by atoms with Crippen LogP contribution < -0.4 is 15.8 Å². The molecule has 0 spiro atoms. The van der Waals surface area contributed by atoms with E-state index in [1.165, 1.54) is 18.4 Å². The molecule has 156 valence electrons. The topological polar surface area (TPSA) is 105 Å². The summed E-state index contributed by atoms with van der Waals surface area (Å²) in [5.41, 5.74) is 7.40. The molecule has 1 aromatic carbocycles. The molecule has 1 aromatic rings. The van der Waals surface area contributed by atoms with Gasteiger partial charge in [0.1, 0.15) is 5.75 Å². The minimum absolute atomic E-state index is 0.0571. The number of hydrogen-bond acceptors (Lipinski definition) is 4. The van der Waals surface area contributed by atoms with Crippen molar-refractivity contribution in [2.45, 2.75) is 45.6 Å². The highest BCUT2D eigenvalue weighted by Crippen LogP contribution is 2.35. The zero-order chi connectivity index (χ0) is 20.5. The van der Waals surface area contributed by atoms with Gasteiger partial charge in [0.15, 0.2) is 0 Å². The average molecular weight is 392 g/mol. The zero-order valence-corrected chi connectivity index (χ0v) is 16.9. The Morgan fingerprint density at radius 1 is 1.21 bits per heavy atom. The molecule has 7 nitrogen and oxygen atoms in total. The van der Waals surface area contributed by atoms with Crippen LogP contribution in [0.1, 0.15) is 38.7 Å². The van der Waals surface area contributed by atoms with Crippen LogP contribution in [0.2, 0.25) is 0 Å². The monoisotopic (exact) mass is 391 g/mol. The highest BCUT2D eigenvalue weighted by atomic mass is 16.5. The second-order valence-electron chi connectivity index (χ2n) is 7.57. The molecular weight excluding hydrogens is 358 g/mol. The number of amides is 2. The third kappa shape index (κ3) is 6.71. The van der Waals surface area contributed by atoms with Gasteiger partial charge in [-0.2, -0.15) is 0 Å². The lowest BCUT2D eigenvalue weighted by Crippen LogP contribution is -2.53. The molecular formula is C21H33N3O4. The van der Waals surface area contributed by atoms with Crippen LogP contribution in [0.25, 0.3) is 0 Å². The number of ether oxygens (including phenoxy) is 1. The van der Waals surface area contributed by atoms with Crippen molar-refractivity contribution in [3.8, 4) is 5.75 Å². The van der Waals surface area contributed by atoms with Gasteiger partial charge < -0.3 is 25.8 Å². The number of carboxylic acid groups (broad SMARTS) is 1. The Morgan fingerprint density at radius 2 is 1.79 bits per heavy atom. The van der Waals surface area contributed by atoms with E-state index in [4.69, 9.17) is 20.4 Å². The molecule has 1 aliphatic carbocycles. The van der Waals surface area contributed by atoms with Crippen molar-refractivity contribution in [1.82, 2.24) is 10.2 Å². The van der Waals surface area contributed by atoms with E-state index in [0.29, 0.717) is 24.4 Å². The number of carboxylic acids is 1. The smallest absolute Gasteiger partial charge is 0.317 e. The van der Waals surface area contributed by atoms with Crippen molar-refractivity contribution in [1.29, 1.82) is 0 Å². The molecule has 0 aromatic heterocycles. The van der Waals surface area contributed by atoms with E-state index in [1.807, 2.05) is 17.0 Å². The molecule has 3 rings (SSSR count). The van der Waals surface area contributed by atoms with Gasteiger partial charge in [0, 0.05) is 32.6 Å². The third-order valence-electron chi connectivity index (χ3n) is 5.28. The number of nitrogens with one attached hydrogen (secondary N) is 1. The number of fused-ring (bicyclic) bond motifs is 2. The molecule has 1 aliphatic heterocycles. The van der Waals surface area contributed by atoms with Gasteiger partial charge in [-0.25, -0.2) is 4.79 Å². The Labute approximate surface area is 167 Å². The quantitative estimate of drug-likeness (QED) is 0.691. The zero-order valence-electron chi connectivity index (χ0n) is 16.9. The van der Waals surface area contributed by atoms with Crippen molar-refractivity contribution in [2.24, 2.45) is 17.6 Å². The van der Waals surface area contributed by atoms with Gasteiger partial charge in [-0.3, -0.25) is 4.79 Å². The maximum absolute atomic E-state index is 12.3. The van der Waals surface area contributed by atoms with E-state index in [0.717, 1.165) is 45.2 Å². The molecule has 1 heterocycles. The number of hydrogen-bond donors (Lipinski definition) is 3. The normalized spacial score (nSPS) is 22.8. The predicted molar refractivity (Wildman–Crippen MR) is 108 cm³/mol. The average Bonchev–Trinajstić information content (AvgIpc) is 2.87. The lowest BCUT2D eigenvalue weighted by atomic mass is 9.93. The fraction of sp³-hybridized carbons (Fsp3) is 0.619.